The van der Waals surface area contributed by atoms with Crippen LogP contribution in [0.2, 0.25) is 0 Å². The van der Waals surface area contributed by atoms with Crippen LogP contribution in [-0.4, -0.2) is 0 Å². The first-order valence-electron chi connectivity index (χ1n) is 6.71. The SMILES string of the molecule is Nc1ccc(Oc2cccc(-c3ccccc3)c2)c(N)c1. The van der Waals surface area contributed by atoms with Crippen molar-refractivity contribution in [3.05, 3.63) is 72.8 Å². The minimum absolute atomic E-state index is 0.528. The van der Waals surface area contributed by atoms with Crippen molar-refractivity contribution in [2.75, 3.05) is 11.5 Å². The molecule has 0 saturated heterocycles. The predicted octanol–water partition coefficient (Wildman–Crippen LogP) is 4.31. The second kappa shape index (κ2) is 5.59. The van der Waals surface area contributed by atoms with Crippen LogP contribution in [0.4, 0.5) is 11.4 Å². The molecule has 0 atom stereocenters. The Balaban J connectivity index is 1.90. The molecule has 3 nitrogen and oxygen atoms in total. The third-order valence-electron chi connectivity index (χ3n) is 3.20. The molecule has 0 aliphatic carbocycles. The van der Waals surface area contributed by atoms with Crippen LogP contribution in [0.1, 0.15) is 0 Å². The van der Waals surface area contributed by atoms with Gasteiger partial charge in [0.1, 0.15) is 11.5 Å². The minimum atomic E-state index is 0.528. The maximum Gasteiger partial charge on any atom is 0.150 e. The third kappa shape index (κ3) is 2.98. The first kappa shape index (κ1) is 13.1. The van der Waals surface area contributed by atoms with Gasteiger partial charge in [0.2, 0.25) is 0 Å². The summed E-state index contributed by atoms with van der Waals surface area (Å²) in [5.41, 5.74) is 15.0. The Bertz CT molecular complexity index is 754. The quantitative estimate of drug-likeness (QED) is 0.701. The summed E-state index contributed by atoms with van der Waals surface area (Å²) in [7, 11) is 0. The zero-order valence-corrected chi connectivity index (χ0v) is 11.5. The van der Waals surface area contributed by atoms with Crippen molar-refractivity contribution in [3.8, 4) is 22.6 Å². The van der Waals surface area contributed by atoms with Gasteiger partial charge in [-0.05, 0) is 41.5 Å². The summed E-state index contributed by atoms with van der Waals surface area (Å²) in [6.45, 7) is 0. The van der Waals surface area contributed by atoms with E-state index in [0.717, 1.165) is 16.9 Å². The number of hydrogen-bond acceptors (Lipinski definition) is 3. The van der Waals surface area contributed by atoms with Gasteiger partial charge in [0.15, 0.2) is 0 Å². The highest BCUT2D eigenvalue weighted by Crippen LogP contribution is 2.31. The number of benzene rings is 3. The molecule has 3 heteroatoms. The van der Waals surface area contributed by atoms with Crippen LogP contribution < -0.4 is 16.2 Å². The Morgan fingerprint density at radius 3 is 2.19 bits per heavy atom. The normalized spacial score (nSPS) is 10.3. The first-order chi connectivity index (χ1) is 10.2. The zero-order chi connectivity index (χ0) is 14.7. The van der Waals surface area contributed by atoms with Crippen LogP contribution in [-0.2, 0) is 0 Å². The molecular weight excluding hydrogens is 260 g/mol. The van der Waals surface area contributed by atoms with E-state index in [1.165, 1.54) is 0 Å². The lowest BCUT2D eigenvalue weighted by Gasteiger charge is -2.10. The van der Waals surface area contributed by atoms with E-state index in [0.29, 0.717) is 17.1 Å². The van der Waals surface area contributed by atoms with Gasteiger partial charge in [0.25, 0.3) is 0 Å². The Morgan fingerprint density at radius 2 is 1.43 bits per heavy atom. The van der Waals surface area contributed by atoms with Crippen molar-refractivity contribution >= 4 is 11.4 Å². The summed E-state index contributed by atoms with van der Waals surface area (Å²) in [6.07, 6.45) is 0. The van der Waals surface area contributed by atoms with Gasteiger partial charge in [0, 0.05) is 5.69 Å². The lowest BCUT2D eigenvalue weighted by molar-refractivity contribution is 0.485. The largest absolute Gasteiger partial charge is 0.455 e. The molecule has 0 radical (unpaired) electrons. The van der Waals surface area contributed by atoms with E-state index in [-0.39, 0.29) is 0 Å². The molecule has 3 aromatic rings. The molecule has 4 N–H and O–H groups in total. The van der Waals surface area contributed by atoms with Gasteiger partial charge in [0.05, 0.1) is 5.69 Å². The van der Waals surface area contributed by atoms with E-state index in [9.17, 15) is 0 Å². The van der Waals surface area contributed by atoms with Gasteiger partial charge in [-0.15, -0.1) is 0 Å². The lowest BCUT2D eigenvalue weighted by atomic mass is 10.1. The van der Waals surface area contributed by atoms with Crippen LogP contribution >= 0.6 is 0 Å². The molecule has 21 heavy (non-hydrogen) atoms. The van der Waals surface area contributed by atoms with Gasteiger partial charge in [-0.2, -0.15) is 0 Å². The zero-order valence-electron chi connectivity index (χ0n) is 11.5. The fourth-order valence-corrected chi connectivity index (χ4v) is 2.16. The number of hydrogen-bond donors (Lipinski definition) is 2. The highest BCUT2D eigenvalue weighted by Gasteiger charge is 2.04. The number of nitrogen functional groups attached to an aromatic ring is 2. The molecule has 3 rings (SSSR count). The maximum atomic E-state index is 5.91. The topological polar surface area (TPSA) is 61.3 Å². The Hall–Kier alpha value is -2.94. The number of rotatable bonds is 3. The lowest BCUT2D eigenvalue weighted by Crippen LogP contribution is -1.94. The smallest absolute Gasteiger partial charge is 0.150 e. The summed E-state index contributed by atoms with van der Waals surface area (Å²) in [4.78, 5) is 0. The first-order valence-corrected chi connectivity index (χ1v) is 6.71. The standard InChI is InChI=1S/C18H16N2O/c19-15-9-10-18(17(20)12-15)21-16-8-4-7-14(11-16)13-5-2-1-3-6-13/h1-12H,19-20H2. The van der Waals surface area contributed by atoms with Gasteiger partial charge < -0.3 is 16.2 Å². The summed E-state index contributed by atoms with van der Waals surface area (Å²) < 4.78 is 5.85. The van der Waals surface area contributed by atoms with E-state index >= 15 is 0 Å². The number of anilines is 2. The Labute approximate surface area is 123 Å². The summed E-state index contributed by atoms with van der Waals surface area (Å²) >= 11 is 0. The average Bonchev–Trinajstić information content (AvgIpc) is 2.51. The van der Waals surface area contributed by atoms with E-state index in [1.807, 2.05) is 36.4 Å². The fraction of sp³-hybridized carbons (Fsp3) is 0. The van der Waals surface area contributed by atoms with Crippen molar-refractivity contribution in [2.45, 2.75) is 0 Å². The average molecular weight is 276 g/mol. The molecule has 0 unspecified atom stereocenters. The highest BCUT2D eigenvalue weighted by atomic mass is 16.5. The van der Waals surface area contributed by atoms with Gasteiger partial charge >= 0.3 is 0 Å². The molecule has 0 fully saturated rings. The summed E-state index contributed by atoms with van der Waals surface area (Å²) in [5, 5.41) is 0. The molecule has 0 heterocycles. The van der Waals surface area contributed by atoms with Crippen molar-refractivity contribution in [1.82, 2.24) is 0 Å². The van der Waals surface area contributed by atoms with Crippen LogP contribution in [0.3, 0.4) is 0 Å². The second-order valence-corrected chi connectivity index (χ2v) is 4.79. The minimum Gasteiger partial charge on any atom is -0.455 e. The highest BCUT2D eigenvalue weighted by molar-refractivity contribution is 5.66. The molecule has 0 amide bonds. The molecule has 104 valence electrons. The molecule has 0 aliphatic rings. The summed E-state index contributed by atoms with van der Waals surface area (Å²) in [6, 6.07) is 23.3. The molecule has 0 aliphatic heterocycles. The van der Waals surface area contributed by atoms with Crippen LogP contribution in [0.15, 0.2) is 72.8 Å². The summed E-state index contributed by atoms with van der Waals surface area (Å²) in [5.74, 6) is 1.35. The molecule has 0 aromatic heterocycles. The van der Waals surface area contributed by atoms with Crippen molar-refractivity contribution in [3.63, 3.8) is 0 Å². The maximum absolute atomic E-state index is 5.91. The van der Waals surface area contributed by atoms with E-state index in [4.69, 9.17) is 16.2 Å². The van der Waals surface area contributed by atoms with Gasteiger partial charge in [-0.1, -0.05) is 42.5 Å². The van der Waals surface area contributed by atoms with Crippen LogP contribution in [0, 0.1) is 0 Å². The van der Waals surface area contributed by atoms with Crippen LogP contribution in [0.5, 0.6) is 11.5 Å². The van der Waals surface area contributed by atoms with Gasteiger partial charge in [-0.3, -0.25) is 0 Å². The molecule has 0 spiro atoms. The monoisotopic (exact) mass is 276 g/mol. The van der Waals surface area contributed by atoms with Crippen LogP contribution in [0.25, 0.3) is 11.1 Å². The molecule has 0 saturated carbocycles. The number of nitrogens with two attached hydrogens (primary N) is 2. The number of ether oxygens (including phenoxy) is 1. The van der Waals surface area contributed by atoms with E-state index in [1.54, 1.807) is 18.2 Å². The van der Waals surface area contributed by atoms with E-state index < -0.39 is 0 Å². The fourth-order valence-electron chi connectivity index (χ4n) is 2.16. The van der Waals surface area contributed by atoms with Gasteiger partial charge in [-0.25, -0.2) is 0 Å². The van der Waals surface area contributed by atoms with Crippen molar-refractivity contribution < 1.29 is 4.74 Å². The molecule has 0 bridgehead atoms. The predicted molar refractivity (Wildman–Crippen MR) is 87.2 cm³/mol. The van der Waals surface area contributed by atoms with Crippen molar-refractivity contribution in [2.24, 2.45) is 0 Å². The Kier molecular flexibility index (Phi) is 3.48. The second-order valence-electron chi connectivity index (χ2n) is 4.79. The Morgan fingerprint density at radius 1 is 0.667 bits per heavy atom. The molecule has 3 aromatic carbocycles. The third-order valence-corrected chi connectivity index (χ3v) is 3.20. The molecular formula is C18H16N2O. The van der Waals surface area contributed by atoms with Crippen molar-refractivity contribution in [1.29, 1.82) is 0 Å². The van der Waals surface area contributed by atoms with E-state index in [2.05, 4.69) is 18.2 Å².